The van der Waals surface area contributed by atoms with E-state index in [4.69, 9.17) is 9.47 Å². The van der Waals surface area contributed by atoms with Crippen molar-refractivity contribution in [1.29, 1.82) is 0 Å². The van der Waals surface area contributed by atoms with E-state index in [0.717, 1.165) is 18.8 Å². The topological polar surface area (TPSA) is 21.8 Å². The Morgan fingerprint density at radius 3 is 2.83 bits per heavy atom. The van der Waals surface area contributed by atoms with E-state index >= 15 is 0 Å². The minimum atomic E-state index is 0.307. The monoisotopic (exact) mass is 260 g/mol. The molecule has 1 atom stereocenters. The summed E-state index contributed by atoms with van der Waals surface area (Å²) >= 11 is 1.85. The highest BCUT2D eigenvalue weighted by Gasteiger charge is 2.23. The largest absolute Gasteiger partial charge is 0.490 e. The molecule has 1 aromatic carbocycles. The number of ether oxygens (including phenoxy) is 2. The average molecular weight is 260 g/mol. The highest BCUT2D eigenvalue weighted by molar-refractivity contribution is 7.11. The minimum absolute atomic E-state index is 0.307. The first-order valence-electron chi connectivity index (χ1n) is 6.19. The first-order chi connectivity index (χ1) is 8.81. The molecular formula is C15H16O2S. The minimum Gasteiger partial charge on any atom is -0.490 e. The van der Waals surface area contributed by atoms with Gasteiger partial charge in [-0.05, 0) is 30.7 Å². The van der Waals surface area contributed by atoms with Crippen LogP contribution in [-0.4, -0.2) is 19.3 Å². The first-order valence-corrected chi connectivity index (χ1v) is 7.00. The van der Waals surface area contributed by atoms with E-state index in [1.165, 1.54) is 15.3 Å². The molecule has 0 spiro atoms. The highest BCUT2D eigenvalue weighted by atomic mass is 32.1. The van der Waals surface area contributed by atoms with Crippen molar-refractivity contribution in [3.05, 3.63) is 51.7 Å². The number of epoxide rings is 1. The SMILES string of the molecule is Cc1ccc(Cc2ccccc2OCC2CO2)s1. The number of hydrogen-bond acceptors (Lipinski definition) is 3. The van der Waals surface area contributed by atoms with Crippen molar-refractivity contribution < 1.29 is 9.47 Å². The molecule has 1 aromatic heterocycles. The van der Waals surface area contributed by atoms with E-state index in [9.17, 15) is 0 Å². The molecule has 1 fully saturated rings. The van der Waals surface area contributed by atoms with Crippen molar-refractivity contribution in [2.24, 2.45) is 0 Å². The van der Waals surface area contributed by atoms with Crippen molar-refractivity contribution in [2.45, 2.75) is 19.4 Å². The summed E-state index contributed by atoms with van der Waals surface area (Å²) in [5.74, 6) is 0.985. The van der Waals surface area contributed by atoms with Crippen LogP contribution in [0.3, 0.4) is 0 Å². The predicted molar refractivity (Wildman–Crippen MR) is 73.5 cm³/mol. The Balaban J connectivity index is 1.73. The maximum atomic E-state index is 5.82. The van der Waals surface area contributed by atoms with E-state index in [-0.39, 0.29) is 0 Å². The smallest absolute Gasteiger partial charge is 0.122 e. The summed E-state index contributed by atoms with van der Waals surface area (Å²) in [5, 5.41) is 0. The molecule has 0 aliphatic carbocycles. The Bertz CT molecular complexity index is 529. The third-order valence-corrected chi connectivity index (χ3v) is 3.96. The molecule has 3 heteroatoms. The summed E-state index contributed by atoms with van der Waals surface area (Å²) in [7, 11) is 0. The van der Waals surface area contributed by atoms with Gasteiger partial charge in [-0.15, -0.1) is 11.3 Å². The summed E-state index contributed by atoms with van der Waals surface area (Å²) < 4.78 is 11.0. The van der Waals surface area contributed by atoms with Crippen LogP contribution in [0.15, 0.2) is 36.4 Å². The second kappa shape index (κ2) is 5.12. The van der Waals surface area contributed by atoms with E-state index < -0.39 is 0 Å². The van der Waals surface area contributed by atoms with Crippen molar-refractivity contribution >= 4 is 11.3 Å². The van der Waals surface area contributed by atoms with Crippen LogP contribution in [0.5, 0.6) is 5.75 Å². The second-order valence-electron chi connectivity index (χ2n) is 4.56. The number of rotatable bonds is 5. The first kappa shape index (κ1) is 11.8. The van der Waals surface area contributed by atoms with Crippen LogP contribution in [0.25, 0.3) is 0 Å². The zero-order valence-corrected chi connectivity index (χ0v) is 11.2. The Kier molecular flexibility index (Phi) is 3.35. The van der Waals surface area contributed by atoms with Gasteiger partial charge in [-0.25, -0.2) is 0 Å². The molecule has 1 unspecified atom stereocenters. The van der Waals surface area contributed by atoms with E-state index in [1.54, 1.807) is 0 Å². The lowest BCUT2D eigenvalue weighted by Crippen LogP contribution is -2.05. The second-order valence-corrected chi connectivity index (χ2v) is 5.94. The molecule has 2 aromatic rings. The lowest BCUT2D eigenvalue weighted by Gasteiger charge is -2.09. The van der Waals surface area contributed by atoms with Crippen molar-refractivity contribution in [3.8, 4) is 5.75 Å². The van der Waals surface area contributed by atoms with Crippen LogP contribution >= 0.6 is 11.3 Å². The van der Waals surface area contributed by atoms with Gasteiger partial charge in [0.1, 0.15) is 18.5 Å². The predicted octanol–water partition coefficient (Wildman–Crippen LogP) is 3.42. The van der Waals surface area contributed by atoms with Crippen LogP contribution < -0.4 is 4.74 Å². The molecule has 0 saturated carbocycles. The molecule has 1 aliphatic heterocycles. The van der Waals surface area contributed by atoms with Gasteiger partial charge in [0.15, 0.2) is 0 Å². The fraction of sp³-hybridized carbons (Fsp3) is 0.333. The molecule has 1 aliphatic rings. The Hall–Kier alpha value is -1.32. The van der Waals surface area contributed by atoms with E-state index in [1.807, 2.05) is 23.5 Å². The molecule has 0 N–H and O–H groups in total. The van der Waals surface area contributed by atoms with Crippen LogP contribution in [0.2, 0.25) is 0 Å². The van der Waals surface area contributed by atoms with Crippen molar-refractivity contribution in [1.82, 2.24) is 0 Å². The summed E-state index contributed by atoms with van der Waals surface area (Å²) in [6.07, 6.45) is 1.25. The molecule has 18 heavy (non-hydrogen) atoms. The summed E-state index contributed by atoms with van der Waals surface area (Å²) in [5.41, 5.74) is 1.25. The fourth-order valence-corrected chi connectivity index (χ4v) is 2.82. The van der Waals surface area contributed by atoms with E-state index in [0.29, 0.717) is 12.7 Å². The molecule has 2 heterocycles. The number of thiophene rings is 1. The third-order valence-electron chi connectivity index (χ3n) is 2.96. The van der Waals surface area contributed by atoms with Crippen molar-refractivity contribution in [3.63, 3.8) is 0 Å². The average Bonchev–Trinajstić information content (AvgIpc) is 3.12. The van der Waals surface area contributed by atoms with Crippen LogP contribution in [0, 0.1) is 6.92 Å². The molecule has 0 bridgehead atoms. The van der Waals surface area contributed by atoms with Gasteiger partial charge in [-0.2, -0.15) is 0 Å². The van der Waals surface area contributed by atoms with Gasteiger partial charge in [0.2, 0.25) is 0 Å². The standard InChI is InChI=1S/C15H16O2S/c1-11-6-7-14(18-11)8-12-4-2-3-5-15(12)17-10-13-9-16-13/h2-7,13H,8-10H2,1H3. The van der Waals surface area contributed by atoms with Gasteiger partial charge in [-0.3, -0.25) is 0 Å². The zero-order chi connectivity index (χ0) is 12.4. The van der Waals surface area contributed by atoms with Gasteiger partial charge in [0.05, 0.1) is 6.61 Å². The van der Waals surface area contributed by atoms with Crippen LogP contribution in [-0.2, 0) is 11.2 Å². The molecule has 2 nitrogen and oxygen atoms in total. The van der Waals surface area contributed by atoms with Gasteiger partial charge >= 0.3 is 0 Å². The third kappa shape index (κ3) is 2.92. The molecule has 1 saturated heterocycles. The number of benzene rings is 1. The molecule has 0 radical (unpaired) electrons. The number of aryl methyl sites for hydroxylation is 1. The quantitative estimate of drug-likeness (QED) is 0.768. The number of hydrogen-bond donors (Lipinski definition) is 0. The zero-order valence-electron chi connectivity index (χ0n) is 10.4. The van der Waals surface area contributed by atoms with Crippen LogP contribution in [0.1, 0.15) is 15.3 Å². The van der Waals surface area contributed by atoms with Crippen LogP contribution in [0.4, 0.5) is 0 Å². The summed E-state index contributed by atoms with van der Waals surface area (Å²) in [6.45, 7) is 3.65. The maximum absolute atomic E-state index is 5.82. The van der Waals surface area contributed by atoms with Gasteiger partial charge in [0.25, 0.3) is 0 Å². The van der Waals surface area contributed by atoms with Gasteiger partial charge in [-0.1, -0.05) is 18.2 Å². The van der Waals surface area contributed by atoms with E-state index in [2.05, 4.69) is 31.2 Å². The maximum Gasteiger partial charge on any atom is 0.122 e. The summed E-state index contributed by atoms with van der Waals surface area (Å²) in [6, 6.07) is 12.6. The molecule has 94 valence electrons. The highest BCUT2D eigenvalue weighted by Crippen LogP contribution is 2.25. The Morgan fingerprint density at radius 2 is 2.11 bits per heavy atom. The Labute approximate surface area is 111 Å². The Morgan fingerprint density at radius 1 is 1.28 bits per heavy atom. The lowest BCUT2D eigenvalue weighted by molar-refractivity contribution is 0.261. The number of para-hydroxylation sites is 1. The van der Waals surface area contributed by atoms with Crippen molar-refractivity contribution in [2.75, 3.05) is 13.2 Å². The fourth-order valence-electron chi connectivity index (χ4n) is 1.91. The molecular weight excluding hydrogens is 244 g/mol. The van der Waals surface area contributed by atoms with Gasteiger partial charge < -0.3 is 9.47 Å². The lowest BCUT2D eigenvalue weighted by atomic mass is 10.1. The normalized spacial score (nSPS) is 17.7. The summed E-state index contributed by atoms with van der Waals surface area (Å²) in [4.78, 5) is 2.74. The van der Waals surface area contributed by atoms with Gasteiger partial charge in [0, 0.05) is 16.2 Å². The molecule has 0 amide bonds. The molecule has 3 rings (SSSR count).